The van der Waals surface area contributed by atoms with Crippen molar-refractivity contribution in [3.05, 3.63) is 23.5 Å². The van der Waals surface area contributed by atoms with Crippen molar-refractivity contribution in [1.29, 1.82) is 0 Å². The van der Waals surface area contributed by atoms with E-state index < -0.39 is 5.97 Å². The molecule has 0 aliphatic heterocycles. The van der Waals surface area contributed by atoms with Crippen molar-refractivity contribution < 1.29 is 14.7 Å². The highest BCUT2D eigenvalue weighted by Gasteiger charge is 2.14. The van der Waals surface area contributed by atoms with E-state index in [0.29, 0.717) is 12.2 Å². The zero-order valence-electron chi connectivity index (χ0n) is 11.7. The first kappa shape index (κ1) is 15.2. The molecule has 8 heteroatoms. The second-order valence-electron chi connectivity index (χ2n) is 4.85. The van der Waals surface area contributed by atoms with Gasteiger partial charge in [0.25, 0.3) is 5.91 Å². The van der Waals surface area contributed by atoms with Crippen molar-refractivity contribution in [2.24, 2.45) is 13.0 Å². The van der Waals surface area contributed by atoms with Crippen LogP contribution in [-0.2, 0) is 11.8 Å². The minimum Gasteiger partial charge on any atom is -0.481 e. The van der Waals surface area contributed by atoms with Crippen molar-refractivity contribution in [2.75, 3.05) is 6.54 Å². The summed E-state index contributed by atoms with van der Waals surface area (Å²) in [6, 6.07) is 0. The predicted octanol–water partition coefficient (Wildman–Crippen LogP) is 1.38. The van der Waals surface area contributed by atoms with E-state index in [1.807, 2.05) is 13.2 Å². The van der Waals surface area contributed by atoms with Gasteiger partial charge >= 0.3 is 5.97 Å². The van der Waals surface area contributed by atoms with E-state index in [1.165, 1.54) is 11.3 Å². The lowest BCUT2D eigenvalue weighted by atomic mass is 10.1. The van der Waals surface area contributed by atoms with Crippen LogP contribution in [0.2, 0.25) is 0 Å². The predicted molar refractivity (Wildman–Crippen MR) is 78.1 cm³/mol. The molecule has 2 aromatic rings. The number of aliphatic carboxylic acids is 1. The second-order valence-corrected chi connectivity index (χ2v) is 5.71. The monoisotopic (exact) mass is 308 g/mol. The van der Waals surface area contributed by atoms with Gasteiger partial charge in [-0.15, -0.1) is 11.3 Å². The van der Waals surface area contributed by atoms with Gasteiger partial charge in [0.1, 0.15) is 10.7 Å². The number of aromatic nitrogens is 3. The third-order valence-corrected chi connectivity index (χ3v) is 3.71. The number of carboxylic acid groups (broad SMARTS) is 1. The summed E-state index contributed by atoms with van der Waals surface area (Å²) in [5.74, 6) is -1.29. The first-order chi connectivity index (χ1) is 9.95. The van der Waals surface area contributed by atoms with Gasteiger partial charge in [-0.05, 0) is 5.92 Å². The summed E-state index contributed by atoms with van der Waals surface area (Å²) >= 11 is 1.37. The normalized spacial score (nSPS) is 12.1. The molecule has 21 heavy (non-hydrogen) atoms. The van der Waals surface area contributed by atoms with E-state index >= 15 is 0 Å². The Kier molecular flexibility index (Phi) is 4.69. The summed E-state index contributed by atoms with van der Waals surface area (Å²) in [5, 5.41) is 17.8. The van der Waals surface area contributed by atoms with E-state index in [0.717, 1.165) is 10.6 Å². The molecule has 2 aromatic heterocycles. The smallest absolute Gasteiger partial charge is 0.303 e. The lowest BCUT2D eigenvalue weighted by molar-refractivity contribution is -0.137. The fraction of sp³-hybridized carbons (Fsp3) is 0.385. The van der Waals surface area contributed by atoms with Crippen LogP contribution in [0.5, 0.6) is 0 Å². The number of thiazole rings is 1. The largest absolute Gasteiger partial charge is 0.481 e. The Morgan fingerprint density at radius 1 is 1.52 bits per heavy atom. The van der Waals surface area contributed by atoms with Crippen LogP contribution in [0, 0.1) is 5.92 Å². The molecular formula is C13H16N4O3S. The summed E-state index contributed by atoms with van der Waals surface area (Å²) in [7, 11) is 1.81. The fourth-order valence-electron chi connectivity index (χ4n) is 1.77. The molecule has 2 rings (SSSR count). The van der Waals surface area contributed by atoms with E-state index in [4.69, 9.17) is 5.11 Å². The lowest BCUT2D eigenvalue weighted by Crippen LogP contribution is -2.29. The van der Waals surface area contributed by atoms with Crippen molar-refractivity contribution in [1.82, 2.24) is 20.1 Å². The van der Waals surface area contributed by atoms with Crippen LogP contribution < -0.4 is 5.32 Å². The molecule has 0 aliphatic rings. The maximum atomic E-state index is 11.9. The molecule has 0 fully saturated rings. The molecule has 0 spiro atoms. The van der Waals surface area contributed by atoms with Crippen molar-refractivity contribution in [2.45, 2.75) is 13.3 Å². The zero-order valence-corrected chi connectivity index (χ0v) is 12.6. The zero-order chi connectivity index (χ0) is 15.4. The molecule has 0 saturated heterocycles. The Hall–Kier alpha value is -2.22. The number of nitrogens with zero attached hydrogens (tertiary/aromatic N) is 3. The third kappa shape index (κ3) is 4.12. The minimum absolute atomic E-state index is 0.0261. The van der Waals surface area contributed by atoms with Gasteiger partial charge in [0.2, 0.25) is 0 Å². The third-order valence-electron chi connectivity index (χ3n) is 2.82. The Morgan fingerprint density at radius 2 is 2.29 bits per heavy atom. The first-order valence-electron chi connectivity index (χ1n) is 6.40. The average Bonchev–Trinajstić information content (AvgIpc) is 3.03. The van der Waals surface area contributed by atoms with E-state index in [1.54, 1.807) is 23.2 Å². The molecule has 2 heterocycles. The van der Waals surface area contributed by atoms with E-state index in [-0.39, 0.29) is 18.2 Å². The van der Waals surface area contributed by atoms with Crippen LogP contribution in [0.15, 0.2) is 17.8 Å². The molecule has 0 saturated carbocycles. The van der Waals surface area contributed by atoms with Gasteiger partial charge in [-0.2, -0.15) is 5.10 Å². The molecule has 7 nitrogen and oxygen atoms in total. The molecule has 1 unspecified atom stereocenters. The van der Waals surface area contributed by atoms with Gasteiger partial charge in [0, 0.05) is 37.2 Å². The second kappa shape index (κ2) is 6.49. The maximum absolute atomic E-state index is 11.9. The van der Waals surface area contributed by atoms with Gasteiger partial charge in [-0.3, -0.25) is 14.3 Å². The van der Waals surface area contributed by atoms with Gasteiger partial charge in [0.05, 0.1) is 6.20 Å². The van der Waals surface area contributed by atoms with Gasteiger partial charge in [-0.25, -0.2) is 4.98 Å². The first-order valence-corrected chi connectivity index (χ1v) is 7.28. The Morgan fingerprint density at radius 3 is 2.90 bits per heavy atom. The number of rotatable bonds is 6. The van der Waals surface area contributed by atoms with Gasteiger partial charge in [0.15, 0.2) is 0 Å². The number of carboxylic acids is 1. The number of nitrogens with one attached hydrogen (secondary N) is 1. The van der Waals surface area contributed by atoms with E-state index in [9.17, 15) is 9.59 Å². The highest BCUT2D eigenvalue weighted by Crippen LogP contribution is 2.22. The highest BCUT2D eigenvalue weighted by atomic mass is 32.1. The summed E-state index contributed by atoms with van der Waals surface area (Å²) in [6.07, 6.45) is 3.54. The van der Waals surface area contributed by atoms with Crippen molar-refractivity contribution in [3.63, 3.8) is 0 Å². The Balaban J connectivity index is 1.94. The molecule has 0 radical (unpaired) electrons. The number of hydrogen-bond acceptors (Lipinski definition) is 5. The van der Waals surface area contributed by atoms with Crippen LogP contribution in [0.4, 0.5) is 0 Å². The van der Waals surface area contributed by atoms with Crippen molar-refractivity contribution >= 4 is 23.2 Å². The number of carbonyl (C=O) groups excluding carboxylic acids is 1. The van der Waals surface area contributed by atoms with Crippen LogP contribution in [-0.4, -0.2) is 38.3 Å². The van der Waals surface area contributed by atoms with Crippen LogP contribution in [0.1, 0.15) is 23.8 Å². The molecule has 0 aliphatic carbocycles. The Labute approximate surface area is 125 Å². The summed E-state index contributed by atoms with van der Waals surface area (Å²) in [5.41, 5.74) is 1.20. The minimum atomic E-state index is -0.871. The average molecular weight is 308 g/mol. The number of amides is 1. The molecule has 112 valence electrons. The maximum Gasteiger partial charge on any atom is 0.303 e. The van der Waals surface area contributed by atoms with Crippen molar-refractivity contribution in [3.8, 4) is 10.6 Å². The molecule has 0 aromatic carbocycles. The number of aryl methyl sites for hydroxylation is 1. The highest BCUT2D eigenvalue weighted by molar-refractivity contribution is 7.13. The van der Waals surface area contributed by atoms with E-state index in [2.05, 4.69) is 15.4 Å². The topological polar surface area (TPSA) is 97.1 Å². The Bertz CT molecular complexity index is 649. The molecule has 1 atom stereocenters. The molecule has 1 amide bonds. The molecule has 2 N–H and O–H groups in total. The number of carbonyl (C=O) groups is 2. The summed E-state index contributed by atoms with van der Waals surface area (Å²) in [6.45, 7) is 2.08. The standard InChI is InChI=1S/C13H16N4O3S/c1-8(3-11(18)19)4-14-12(20)10-7-21-13(16-10)9-5-15-17(2)6-9/h5-8H,3-4H2,1-2H3,(H,14,20)(H,18,19). The van der Waals surface area contributed by atoms with Gasteiger partial charge in [-0.1, -0.05) is 6.92 Å². The number of hydrogen-bond donors (Lipinski definition) is 2. The lowest BCUT2D eigenvalue weighted by Gasteiger charge is -2.08. The molecular weight excluding hydrogens is 292 g/mol. The van der Waals surface area contributed by atoms with Gasteiger partial charge < -0.3 is 10.4 Å². The SMILES string of the molecule is CC(CNC(=O)c1csc(-c2cnn(C)c2)n1)CC(=O)O. The summed E-state index contributed by atoms with van der Waals surface area (Å²) < 4.78 is 1.67. The summed E-state index contributed by atoms with van der Waals surface area (Å²) in [4.78, 5) is 26.8. The van der Waals surface area contributed by atoms with Crippen LogP contribution in [0.3, 0.4) is 0 Å². The fourth-order valence-corrected chi connectivity index (χ4v) is 2.55. The molecule has 0 bridgehead atoms. The van der Waals surface area contributed by atoms with Crippen LogP contribution >= 0.6 is 11.3 Å². The quantitative estimate of drug-likeness (QED) is 0.840. The van der Waals surface area contributed by atoms with Crippen LogP contribution in [0.25, 0.3) is 10.6 Å².